The summed E-state index contributed by atoms with van der Waals surface area (Å²) < 4.78 is 64.0. The number of rotatable bonds is 5. The van der Waals surface area contributed by atoms with Crippen molar-refractivity contribution in [1.82, 2.24) is 14.8 Å². The highest BCUT2D eigenvalue weighted by atomic mass is 79.9. The molecule has 8 nitrogen and oxygen atoms in total. The highest BCUT2D eigenvalue weighted by Gasteiger charge is 2.34. The van der Waals surface area contributed by atoms with E-state index < -0.39 is 27.7 Å². The quantitative estimate of drug-likeness (QED) is 0.608. The van der Waals surface area contributed by atoms with E-state index in [2.05, 4.69) is 31.1 Å². The summed E-state index contributed by atoms with van der Waals surface area (Å²) in [4.78, 5) is 19.9. The van der Waals surface area contributed by atoms with Crippen molar-refractivity contribution in [3.8, 4) is 0 Å². The summed E-state index contributed by atoms with van der Waals surface area (Å²) >= 11 is 3.00. The number of hydrogen-bond acceptors (Lipinski definition) is 6. The van der Waals surface area contributed by atoms with Crippen LogP contribution in [0.15, 0.2) is 39.8 Å². The number of anilines is 1. The Morgan fingerprint density at radius 3 is 2.44 bits per heavy atom. The van der Waals surface area contributed by atoms with E-state index in [1.807, 2.05) is 11.9 Å². The van der Waals surface area contributed by atoms with E-state index in [0.717, 1.165) is 31.4 Å². The maximum Gasteiger partial charge on any atom is 0.416 e. The maximum absolute atomic E-state index is 13.7. The van der Waals surface area contributed by atoms with E-state index in [0.29, 0.717) is 13.1 Å². The number of aromatic nitrogens is 1. The first-order valence-electron chi connectivity index (χ1n) is 9.45. The van der Waals surface area contributed by atoms with Crippen molar-refractivity contribution in [2.24, 2.45) is 5.14 Å². The predicted molar refractivity (Wildman–Crippen MR) is 115 cm³/mol. The van der Waals surface area contributed by atoms with Gasteiger partial charge in [0.25, 0.3) is 5.91 Å². The Hall–Kier alpha value is -2.06. The molecule has 2 heterocycles. The van der Waals surface area contributed by atoms with Gasteiger partial charge in [0.05, 0.1) is 5.56 Å². The predicted octanol–water partition coefficient (Wildman–Crippen LogP) is 2.51. The Morgan fingerprint density at radius 2 is 1.88 bits per heavy atom. The fraction of sp³-hybridized carbons (Fsp3) is 0.368. The second-order valence-electron chi connectivity index (χ2n) is 7.45. The number of sulfonamides is 1. The molecule has 1 aromatic heterocycles. The number of primary sulfonamides is 1. The van der Waals surface area contributed by atoms with Crippen LogP contribution in [-0.2, 0) is 22.7 Å². The van der Waals surface area contributed by atoms with E-state index in [1.54, 1.807) is 0 Å². The Morgan fingerprint density at radius 1 is 1.22 bits per heavy atom. The minimum Gasteiger partial charge on any atom is -0.321 e. The highest BCUT2D eigenvalue weighted by molar-refractivity contribution is 9.10. The van der Waals surface area contributed by atoms with Gasteiger partial charge in [0.2, 0.25) is 10.0 Å². The molecule has 1 aromatic carbocycles. The lowest BCUT2D eigenvalue weighted by Gasteiger charge is -2.33. The van der Waals surface area contributed by atoms with Crippen molar-refractivity contribution in [2.75, 3.05) is 38.5 Å². The van der Waals surface area contributed by atoms with Crippen LogP contribution in [0.2, 0.25) is 0 Å². The van der Waals surface area contributed by atoms with Gasteiger partial charge in [-0.2, -0.15) is 13.2 Å². The lowest BCUT2D eigenvalue weighted by atomic mass is 10.0. The van der Waals surface area contributed by atoms with Gasteiger partial charge in [-0.25, -0.2) is 18.5 Å². The van der Waals surface area contributed by atoms with Gasteiger partial charge >= 0.3 is 6.18 Å². The Bertz CT molecular complexity index is 1120. The van der Waals surface area contributed by atoms with Gasteiger partial charge in [-0.15, -0.1) is 0 Å². The number of hydrogen-bond donors (Lipinski definition) is 2. The highest BCUT2D eigenvalue weighted by Crippen LogP contribution is 2.34. The topological polar surface area (TPSA) is 109 Å². The molecule has 3 rings (SSSR count). The molecule has 13 heteroatoms. The zero-order valence-corrected chi connectivity index (χ0v) is 19.4. The van der Waals surface area contributed by atoms with Crippen LogP contribution in [0.4, 0.5) is 18.9 Å². The fourth-order valence-electron chi connectivity index (χ4n) is 3.25. The van der Waals surface area contributed by atoms with Gasteiger partial charge in [0.1, 0.15) is 10.6 Å². The van der Waals surface area contributed by atoms with Crippen LogP contribution in [0.5, 0.6) is 0 Å². The molecule has 174 valence electrons. The van der Waals surface area contributed by atoms with Gasteiger partial charge in [0.15, 0.2) is 0 Å². The largest absolute Gasteiger partial charge is 0.416 e. The molecule has 0 spiro atoms. The number of pyridine rings is 1. The number of nitrogens with one attached hydrogen (secondary N) is 1. The van der Waals surface area contributed by atoms with Crippen molar-refractivity contribution < 1.29 is 26.4 Å². The third-order valence-electron chi connectivity index (χ3n) is 5.02. The SMILES string of the molecule is CN1CCN(Cc2ccc(NC(=O)c3cc(Br)c(S(N)(=O)=O)cn3)cc2C(F)(F)F)CC1. The molecule has 0 saturated carbocycles. The molecule has 1 saturated heterocycles. The third-order valence-corrected chi connectivity index (χ3v) is 6.88. The molecule has 1 fully saturated rings. The number of piperazine rings is 1. The number of nitrogens with two attached hydrogens (primary N) is 1. The molecule has 1 amide bonds. The van der Waals surface area contributed by atoms with Crippen LogP contribution in [0.3, 0.4) is 0 Å². The molecule has 32 heavy (non-hydrogen) atoms. The first-order chi connectivity index (χ1) is 14.8. The number of carbonyl (C=O) groups is 1. The van der Waals surface area contributed by atoms with Crippen LogP contribution in [0, 0.1) is 0 Å². The van der Waals surface area contributed by atoms with Crippen molar-refractivity contribution in [3.63, 3.8) is 0 Å². The van der Waals surface area contributed by atoms with Gasteiger partial charge in [-0.1, -0.05) is 6.07 Å². The van der Waals surface area contributed by atoms with Gasteiger partial charge in [0, 0.05) is 49.1 Å². The number of carbonyl (C=O) groups excluding carboxylic acids is 1. The summed E-state index contributed by atoms with van der Waals surface area (Å²) in [5.74, 6) is -0.799. The monoisotopic (exact) mass is 535 g/mol. The van der Waals surface area contributed by atoms with Crippen LogP contribution in [-0.4, -0.2) is 62.3 Å². The van der Waals surface area contributed by atoms with E-state index in [1.165, 1.54) is 12.1 Å². The van der Waals surface area contributed by atoms with Gasteiger partial charge < -0.3 is 10.2 Å². The second-order valence-corrected chi connectivity index (χ2v) is 9.83. The van der Waals surface area contributed by atoms with Gasteiger partial charge in [-0.05, 0) is 46.7 Å². The minimum absolute atomic E-state index is 0.0126. The number of likely N-dealkylation sites (N-methyl/N-ethyl adjacent to an activating group) is 1. The van der Waals surface area contributed by atoms with Crippen molar-refractivity contribution in [1.29, 1.82) is 0 Å². The maximum atomic E-state index is 13.7. The van der Waals surface area contributed by atoms with Crippen molar-refractivity contribution >= 4 is 37.5 Å². The molecule has 0 atom stereocenters. The average molecular weight is 536 g/mol. The van der Waals surface area contributed by atoms with E-state index >= 15 is 0 Å². The van der Waals surface area contributed by atoms with Crippen molar-refractivity contribution in [3.05, 3.63) is 51.8 Å². The number of halogens is 4. The second kappa shape index (κ2) is 9.43. The van der Waals surface area contributed by atoms with Gasteiger partial charge in [-0.3, -0.25) is 9.69 Å². The van der Waals surface area contributed by atoms with Crippen LogP contribution >= 0.6 is 15.9 Å². The number of benzene rings is 1. The molecule has 3 N–H and O–H groups in total. The third kappa shape index (κ3) is 6.04. The molecule has 0 bridgehead atoms. The zero-order chi connectivity index (χ0) is 23.7. The van der Waals surface area contributed by atoms with Crippen molar-refractivity contribution in [2.45, 2.75) is 17.6 Å². The summed E-state index contributed by atoms with van der Waals surface area (Å²) in [5.41, 5.74) is -0.955. The number of alkyl halides is 3. The van der Waals surface area contributed by atoms with E-state index in [-0.39, 0.29) is 32.9 Å². The molecule has 2 aromatic rings. The Kier molecular flexibility index (Phi) is 7.25. The van der Waals surface area contributed by atoms with Crippen LogP contribution in [0.1, 0.15) is 21.6 Å². The summed E-state index contributed by atoms with van der Waals surface area (Å²) in [6.07, 6.45) is -3.70. The van der Waals surface area contributed by atoms with Crippen LogP contribution in [0.25, 0.3) is 0 Å². The lowest BCUT2D eigenvalue weighted by Crippen LogP contribution is -2.44. The first-order valence-corrected chi connectivity index (χ1v) is 11.8. The summed E-state index contributed by atoms with van der Waals surface area (Å²) in [6, 6.07) is 4.76. The number of nitrogens with zero attached hydrogens (tertiary/aromatic N) is 3. The molecule has 1 aliphatic rings. The average Bonchev–Trinajstić information content (AvgIpc) is 2.69. The lowest BCUT2D eigenvalue weighted by molar-refractivity contribution is -0.138. The molecule has 1 aliphatic heterocycles. The minimum atomic E-state index is -4.60. The fourth-order valence-corrected chi connectivity index (χ4v) is 4.78. The Balaban J connectivity index is 1.81. The zero-order valence-electron chi connectivity index (χ0n) is 17.0. The normalized spacial score (nSPS) is 16.2. The van der Waals surface area contributed by atoms with E-state index in [9.17, 15) is 26.4 Å². The molecular weight excluding hydrogens is 515 g/mol. The summed E-state index contributed by atoms with van der Waals surface area (Å²) in [5, 5.41) is 7.41. The molecular formula is C19H21BrF3N5O3S. The van der Waals surface area contributed by atoms with Crippen LogP contribution < -0.4 is 10.5 Å². The summed E-state index contributed by atoms with van der Waals surface area (Å²) in [7, 11) is -2.09. The smallest absolute Gasteiger partial charge is 0.321 e. The standard InChI is InChI=1S/C19H21BrF3N5O3S/c1-27-4-6-28(7-5-27)11-12-2-3-13(8-14(12)19(21,22)23)26-18(29)16-9-15(20)17(10-25-16)32(24,30)31/h2-3,8-10H,4-7,11H2,1H3,(H,26,29)(H2,24,30,31). The van der Waals surface area contributed by atoms with E-state index in [4.69, 9.17) is 5.14 Å². The molecule has 0 unspecified atom stereocenters. The first kappa shape index (κ1) is 24.6. The summed E-state index contributed by atoms with van der Waals surface area (Å²) in [6.45, 7) is 3.05. The Labute approximate surface area is 191 Å². The molecule has 0 aliphatic carbocycles. The number of amides is 1. The molecule has 0 radical (unpaired) electrons.